The van der Waals surface area contributed by atoms with Gasteiger partial charge in [0.15, 0.2) is 0 Å². The first-order valence-electron chi connectivity index (χ1n) is 6.02. The predicted octanol–water partition coefficient (Wildman–Crippen LogP) is 4.05. The number of hydrazone groups is 1. The van der Waals surface area contributed by atoms with Crippen LogP contribution in [-0.2, 0) is 0 Å². The average Bonchev–Trinajstić information content (AvgIpc) is 2.81. The van der Waals surface area contributed by atoms with E-state index in [-0.39, 0.29) is 0 Å². The van der Waals surface area contributed by atoms with Gasteiger partial charge in [-0.05, 0) is 24.6 Å². The normalized spacial score (nSPS) is 11.2. The molecule has 1 N–H and O–H groups in total. The number of hydrogen-bond donors (Lipinski definition) is 1. The zero-order valence-corrected chi connectivity index (χ0v) is 11.3. The Balaban J connectivity index is 1.75. The second-order valence-corrected chi connectivity index (χ2v) is 5.30. The van der Waals surface area contributed by atoms with Crippen LogP contribution in [0.2, 0.25) is 0 Å². The quantitative estimate of drug-likeness (QED) is 0.574. The van der Waals surface area contributed by atoms with Crippen molar-refractivity contribution in [3.63, 3.8) is 0 Å². The summed E-state index contributed by atoms with van der Waals surface area (Å²) in [6.45, 7) is 2.07. The van der Waals surface area contributed by atoms with Crippen LogP contribution in [-0.4, -0.2) is 11.2 Å². The number of nitrogens with one attached hydrogen (secondary N) is 1. The van der Waals surface area contributed by atoms with Gasteiger partial charge in [-0.15, -0.1) is 0 Å². The average molecular weight is 267 g/mol. The Bertz CT molecular complexity index is 698. The summed E-state index contributed by atoms with van der Waals surface area (Å²) in [5.74, 6) is 0. The van der Waals surface area contributed by atoms with Crippen molar-refractivity contribution in [3.8, 4) is 0 Å². The van der Waals surface area contributed by atoms with Gasteiger partial charge in [-0.2, -0.15) is 5.10 Å². The van der Waals surface area contributed by atoms with Gasteiger partial charge in [0.2, 0.25) is 5.13 Å². The maximum Gasteiger partial charge on any atom is 0.204 e. The van der Waals surface area contributed by atoms with Gasteiger partial charge in [-0.1, -0.05) is 53.3 Å². The topological polar surface area (TPSA) is 37.3 Å². The fourth-order valence-electron chi connectivity index (χ4n) is 1.83. The summed E-state index contributed by atoms with van der Waals surface area (Å²) in [5, 5.41) is 5.03. The van der Waals surface area contributed by atoms with Gasteiger partial charge in [0, 0.05) is 0 Å². The van der Waals surface area contributed by atoms with Crippen LogP contribution in [0, 0.1) is 6.92 Å². The first kappa shape index (κ1) is 11.9. The number of anilines is 1. The van der Waals surface area contributed by atoms with Gasteiger partial charge in [0.05, 0.1) is 16.4 Å². The van der Waals surface area contributed by atoms with Crippen LogP contribution in [0.5, 0.6) is 0 Å². The summed E-state index contributed by atoms with van der Waals surface area (Å²) >= 11 is 1.60. The number of para-hydroxylation sites is 1. The first-order chi connectivity index (χ1) is 9.31. The van der Waals surface area contributed by atoms with Crippen molar-refractivity contribution in [3.05, 3.63) is 59.7 Å². The molecule has 3 rings (SSSR count). The van der Waals surface area contributed by atoms with Crippen molar-refractivity contribution in [2.24, 2.45) is 5.10 Å². The molecular weight excluding hydrogens is 254 g/mol. The molecule has 3 nitrogen and oxygen atoms in total. The fraction of sp³-hybridized carbons (Fsp3) is 0.0667. The van der Waals surface area contributed by atoms with Gasteiger partial charge in [-0.25, -0.2) is 4.98 Å². The molecule has 0 saturated carbocycles. The number of nitrogens with zero attached hydrogens (tertiary/aromatic N) is 2. The molecule has 0 fully saturated rings. The van der Waals surface area contributed by atoms with Crippen LogP contribution in [0.25, 0.3) is 10.2 Å². The highest BCUT2D eigenvalue weighted by Crippen LogP contribution is 2.25. The summed E-state index contributed by atoms with van der Waals surface area (Å²) in [5.41, 5.74) is 6.28. The molecule has 2 aromatic carbocycles. The van der Waals surface area contributed by atoms with Crippen molar-refractivity contribution >= 4 is 32.9 Å². The van der Waals surface area contributed by atoms with Crippen molar-refractivity contribution in [1.29, 1.82) is 0 Å². The molecule has 3 aromatic rings. The molecule has 0 spiro atoms. The van der Waals surface area contributed by atoms with E-state index >= 15 is 0 Å². The van der Waals surface area contributed by atoms with Crippen molar-refractivity contribution in [2.75, 3.05) is 5.43 Å². The van der Waals surface area contributed by atoms with Crippen molar-refractivity contribution < 1.29 is 0 Å². The molecule has 0 unspecified atom stereocenters. The molecule has 19 heavy (non-hydrogen) atoms. The monoisotopic (exact) mass is 267 g/mol. The summed E-state index contributed by atoms with van der Waals surface area (Å²) in [4.78, 5) is 4.46. The lowest BCUT2D eigenvalue weighted by atomic mass is 10.2. The highest BCUT2D eigenvalue weighted by molar-refractivity contribution is 7.22. The molecule has 0 saturated heterocycles. The van der Waals surface area contributed by atoms with Gasteiger partial charge in [-0.3, -0.25) is 5.43 Å². The SMILES string of the molecule is Cc1cccc(C=NNc2nc3ccccc3s2)c1. The largest absolute Gasteiger partial charge is 0.253 e. The molecule has 0 atom stereocenters. The molecule has 4 heteroatoms. The standard InChI is InChI=1S/C15H13N3S/c1-11-5-4-6-12(9-11)10-16-18-15-17-13-7-2-3-8-14(13)19-15/h2-10H,1H3,(H,17,18). The lowest BCUT2D eigenvalue weighted by Crippen LogP contribution is -1.89. The number of hydrogen-bond acceptors (Lipinski definition) is 4. The first-order valence-corrected chi connectivity index (χ1v) is 6.84. The van der Waals surface area contributed by atoms with Gasteiger partial charge < -0.3 is 0 Å². The van der Waals surface area contributed by atoms with Crippen molar-refractivity contribution in [1.82, 2.24) is 4.98 Å². The minimum Gasteiger partial charge on any atom is -0.253 e. The van der Waals surface area contributed by atoms with Crippen molar-refractivity contribution in [2.45, 2.75) is 6.92 Å². The highest BCUT2D eigenvalue weighted by atomic mass is 32.1. The number of rotatable bonds is 3. The molecule has 0 bridgehead atoms. The Morgan fingerprint density at radius 2 is 2.05 bits per heavy atom. The summed E-state index contributed by atoms with van der Waals surface area (Å²) in [7, 11) is 0. The third-order valence-corrected chi connectivity index (χ3v) is 3.65. The summed E-state index contributed by atoms with van der Waals surface area (Å²) in [6.07, 6.45) is 1.80. The molecular formula is C15H13N3S. The van der Waals surface area contributed by atoms with E-state index in [0.717, 1.165) is 20.9 Å². The van der Waals surface area contributed by atoms with Crippen LogP contribution >= 0.6 is 11.3 Å². The zero-order valence-electron chi connectivity index (χ0n) is 10.5. The molecule has 0 aliphatic carbocycles. The van der Waals surface area contributed by atoms with E-state index in [9.17, 15) is 0 Å². The number of fused-ring (bicyclic) bond motifs is 1. The van der Waals surface area contributed by atoms with Crippen LogP contribution in [0.1, 0.15) is 11.1 Å². The van der Waals surface area contributed by atoms with E-state index in [4.69, 9.17) is 0 Å². The van der Waals surface area contributed by atoms with E-state index < -0.39 is 0 Å². The molecule has 0 aliphatic heterocycles. The summed E-state index contributed by atoms with van der Waals surface area (Å²) in [6, 6.07) is 16.3. The molecule has 0 radical (unpaired) electrons. The Labute approximate surface area is 115 Å². The predicted molar refractivity (Wildman–Crippen MR) is 82.0 cm³/mol. The minimum atomic E-state index is 0.810. The molecule has 1 heterocycles. The Morgan fingerprint density at radius 3 is 2.89 bits per heavy atom. The maximum absolute atomic E-state index is 4.46. The highest BCUT2D eigenvalue weighted by Gasteiger charge is 2.00. The van der Waals surface area contributed by atoms with E-state index in [0.29, 0.717) is 0 Å². The van der Waals surface area contributed by atoms with Crippen LogP contribution < -0.4 is 5.43 Å². The number of benzene rings is 2. The Kier molecular flexibility index (Phi) is 3.25. The third kappa shape index (κ3) is 2.80. The van der Waals surface area contributed by atoms with Crippen LogP contribution in [0.3, 0.4) is 0 Å². The number of aryl methyl sites for hydroxylation is 1. The smallest absolute Gasteiger partial charge is 0.204 e. The minimum absolute atomic E-state index is 0.810. The van der Waals surface area contributed by atoms with E-state index in [2.05, 4.69) is 40.6 Å². The van der Waals surface area contributed by atoms with Crippen LogP contribution in [0.4, 0.5) is 5.13 Å². The lowest BCUT2D eigenvalue weighted by molar-refractivity contribution is 1.31. The van der Waals surface area contributed by atoms with E-state index in [1.54, 1.807) is 17.6 Å². The van der Waals surface area contributed by atoms with Gasteiger partial charge in [0.25, 0.3) is 0 Å². The summed E-state index contributed by atoms with van der Waals surface area (Å²) < 4.78 is 1.16. The molecule has 94 valence electrons. The maximum atomic E-state index is 4.46. The molecule has 0 amide bonds. The number of aromatic nitrogens is 1. The molecule has 1 aromatic heterocycles. The second kappa shape index (κ2) is 5.20. The lowest BCUT2D eigenvalue weighted by Gasteiger charge is -1.95. The number of thiazole rings is 1. The third-order valence-electron chi connectivity index (χ3n) is 2.71. The van der Waals surface area contributed by atoms with Crippen LogP contribution in [0.15, 0.2) is 53.6 Å². The van der Waals surface area contributed by atoms with Gasteiger partial charge in [0.1, 0.15) is 0 Å². The molecule has 0 aliphatic rings. The van der Waals surface area contributed by atoms with E-state index in [1.165, 1.54) is 5.56 Å². The second-order valence-electron chi connectivity index (χ2n) is 4.27. The van der Waals surface area contributed by atoms with Gasteiger partial charge >= 0.3 is 0 Å². The Morgan fingerprint density at radius 1 is 1.16 bits per heavy atom. The fourth-order valence-corrected chi connectivity index (χ4v) is 2.65. The zero-order chi connectivity index (χ0) is 13.1. The Hall–Kier alpha value is -2.20. The van der Waals surface area contributed by atoms with E-state index in [1.807, 2.05) is 30.3 Å².